The van der Waals surface area contributed by atoms with E-state index in [2.05, 4.69) is 20.3 Å². The highest BCUT2D eigenvalue weighted by Gasteiger charge is 2.46. The van der Waals surface area contributed by atoms with Gasteiger partial charge in [0.15, 0.2) is 5.75 Å². The van der Waals surface area contributed by atoms with Gasteiger partial charge in [-0.25, -0.2) is 18.2 Å². The van der Waals surface area contributed by atoms with Crippen LogP contribution in [-0.2, 0) is 56.3 Å². The molecule has 4 heterocycles. The fraction of sp³-hybridized carbons (Fsp3) is 0.367. The summed E-state index contributed by atoms with van der Waals surface area (Å²) in [4.78, 5) is 76.0. The number of aryl methyl sites for hydroxylation is 3. The van der Waals surface area contributed by atoms with Crippen LogP contribution in [0.25, 0.3) is 21.5 Å². The van der Waals surface area contributed by atoms with E-state index in [1.165, 1.54) is 55.7 Å². The molecule has 83 heavy (non-hydrogen) atoms. The van der Waals surface area contributed by atoms with Crippen LogP contribution in [0.15, 0.2) is 118 Å². The first-order valence-corrected chi connectivity index (χ1v) is 29.8. The van der Waals surface area contributed by atoms with Crippen LogP contribution in [0, 0.1) is 12.8 Å². The van der Waals surface area contributed by atoms with Gasteiger partial charge in [0.1, 0.15) is 35.9 Å². The second-order valence-corrected chi connectivity index (χ2v) is 23.1. The number of β-amino-alcohol motifs (C(OH)–C–C–N with tert-alkyl or cyclic N) is 1. The van der Waals surface area contributed by atoms with Crippen LogP contribution in [0.3, 0.4) is 0 Å². The van der Waals surface area contributed by atoms with E-state index >= 15 is 0 Å². The molecule has 0 radical (unpaired) electrons. The minimum atomic E-state index is -4.31. The summed E-state index contributed by atoms with van der Waals surface area (Å²) >= 11 is 1.49. The van der Waals surface area contributed by atoms with Crippen LogP contribution < -0.4 is 35.3 Å². The van der Waals surface area contributed by atoms with Gasteiger partial charge < -0.3 is 49.2 Å². The standard InChI is InChI=1S/C60H68N8O13S2/c1-7-21-79-44-14-11-15-45(30-44)81-53-32-50-49(65(5)60(74)66(50)6)31-48(53)64-83(75,76)46-16-10-13-40(27-46)56(70)61-20-22-77-23-24-78-25-26-80-52-28-39(55-38(4)63-36-82-55)18-19-41(52)33-62-57(71)51-29-43(69)35-67(51)59(73)54(37(2)3)68-34-42-12-8-9-17-47(42)58(68)72/h8-19,27-28,30-32,36-37,43,51,54,64,69H,7,20-26,29,33-35H2,1-6H3,(H,61,70)(H,62,71)/t43?,51?,54-/m0/s1. The Bertz CT molecular complexity index is 3690. The number of carbonyl (C=O) groups is 4. The van der Waals surface area contributed by atoms with Crippen molar-refractivity contribution in [3.05, 3.63) is 147 Å². The summed E-state index contributed by atoms with van der Waals surface area (Å²) < 4.78 is 63.1. The van der Waals surface area contributed by atoms with Crippen LogP contribution >= 0.6 is 11.3 Å². The lowest BCUT2D eigenvalue weighted by Crippen LogP contribution is -2.55. The summed E-state index contributed by atoms with van der Waals surface area (Å²) in [5.74, 6) is -0.248. The van der Waals surface area contributed by atoms with Crippen molar-refractivity contribution >= 4 is 61.7 Å². The number of amides is 4. The Kier molecular flexibility index (Phi) is 19.0. The van der Waals surface area contributed by atoms with Crippen LogP contribution in [0.2, 0.25) is 0 Å². The number of rotatable bonds is 26. The number of nitrogens with zero attached hydrogens (tertiary/aromatic N) is 5. The van der Waals surface area contributed by atoms with Gasteiger partial charge in [-0.2, -0.15) is 0 Å². The van der Waals surface area contributed by atoms with Crippen LogP contribution in [0.5, 0.6) is 23.0 Å². The number of benzene rings is 5. The predicted molar refractivity (Wildman–Crippen MR) is 312 cm³/mol. The third kappa shape index (κ3) is 13.7. The maximum atomic E-state index is 14.3. The van der Waals surface area contributed by atoms with E-state index in [-0.39, 0.29) is 111 Å². The van der Waals surface area contributed by atoms with Crippen molar-refractivity contribution in [2.24, 2.45) is 20.0 Å². The van der Waals surface area contributed by atoms with Gasteiger partial charge in [-0.15, -0.1) is 11.3 Å². The number of thiazole rings is 1. The highest BCUT2D eigenvalue weighted by molar-refractivity contribution is 7.92. The maximum absolute atomic E-state index is 14.3. The Morgan fingerprint density at radius 3 is 2.29 bits per heavy atom. The molecule has 9 rings (SSSR count). The van der Waals surface area contributed by atoms with E-state index in [1.807, 2.05) is 58.0 Å². The summed E-state index contributed by atoms with van der Waals surface area (Å²) in [7, 11) is -1.11. The van der Waals surface area contributed by atoms with Crippen molar-refractivity contribution in [1.82, 2.24) is 34.6 Å². The lowest BCUT2D eigenvalue weighted by atomic mass is 10.0. The maximum Gasteiger partial charge on any atom is 0.328 e. The number of carbonyl (C=O) groups excluding carboxylic acids is 4. The zero-order valence-electron chi connectivity index (χ0n) is 47.1. The zero-order chi connectivity index (χ0) is 59.0. The monoisotopic (exact) mass is 1170 g/mol. The molecule has 2 aromatic heterocycles. The van der Waals surface area contributed by atoms with Gasteiger partial charge >= 0.3 is 5.69 Å². The van der Waals surface area contributed by atoms with E-state index in [0.717, 1.165) is 28.1 Å². The van der Waals surface area contributed by atoms with Gasteiger partial charge in [-0.1, -0.05) is 63.2 Å². The topological polar surface area (TPSA) is 251 Å². The Balaban J connectivity index is 0.747. The molecule has 0 aliphatic carbocycles. The summed E-state index contributed by atoms with van der Waals surface area (Å²) in [5.41, 5.74) is 6.39. The minimum Gasteiger partial charge on any atom is -0.493 e. The van der Waals surface area contributed by atoms with Crippen molar-refractivity contribution < 1.29 is 56.4 Å². The average molecular weight is 1170 g/mol. The molecule has 2 aliphatic heterocycles. The molecule has 0 spiro atoms. The molecule has 23 heteroatoms. The van der Waals surface area contributed by atoms with E-state index < -0.39 is 40.0 Å². The number of nitrogens with one attached hydrogen (secondary N) is 3. The summed E-state index contributed by atoms with van der Waals surface area (Å²) in [6.45, 7) is 9.48. The molecule has 21 nitrogen and oxygen atoms in total. The fourth-order valence-electron chi connectivity index (χ4n) is 10.2. The number of imidazole rings is 1. The summed E-state index contributed by atoms with van der Waals surface area (Å²) in [6, 6.07) is 26.8. The third-order valence-corrected chi connectivity index (χ3v) is 16.7. The predicted octanol–water partition coefficient (Wildman–Crippen LogP) is 6.79. The molecule has 1 saturated heterocycles. The lowest BCUT2D eigenvalue weighted by molar-refractivity contribution is -0.143. The second-order valence-electron chi connectivity index (χ2n) is 20.6. The first-order chi connectivity index (χ1) is 39.9. The minimum absolute atomic E-state index is 0.0358. The summed E-state index contributed by atoms with van der Waals surface area (Å²) in [5, 5.41) is 16.5. The van der Waals surface area contributed by atoms with Crippen molar-refractivity contribution in [3.63, 3.8) is 0 Å². The Morgan fingerprint density at radius 2 is 1.54 bits per heavy atom. The zero-order valence-corrected chi connectivity index (χ0v) is 48.7. The highest BCUT2D eigenvalue weighted by atomic mass is 32.2. The van der Waals surface area contributed by atoms with Crippen LogP contribution in [0.1, 0.15) is 71.1 Å². The van der Waals surface area contributed by atoms with E-state index in [9.17, 15) is 37.5 Å². The number of aromatic nitrogens is 3. The Hall–Kier alpha value is -8.09. The van der Waals surface area contributed by atoms with Gasteiger partial charge in [-0.05, 0) is 78.9 Å². The third-order valence-electron chi connectivity index (χ3n) is 14.4. The molecule has 438 valence electrons. The number of ether oxygens (including phenoxy) is 5. The van der Waals surface area contributed by atoms with Gasteiger partial charge in [0.25, 0.3) is 21.8 Å². The van der Waals surface area contributed by atoms with Gasteiger partial charge in [0.2, 0.25) is 11.8 Å². The molecular weight excluding hydrogens is 1100 g/mol. The smallest absolute Gasteiger partial charge is 0.328 e. The molecule has 1 fully saturated rings. The molecule has 0 bridgehead atoms. The second kappa shape index (κ2) is 26.4. The number of hydrogen-bond donors (Lipinski definition) is 4. The Morgan fingerprint density at radius 1 is 0.807 bits per heavy atom. The summed E-state index contributed by atoms with van der Waals surface area (Å²) in [6.07, 6.45) is -0.0648. The number of anilines is 1. The average Bonchev–Trinajstić information content (AvgIpc) is 4.43. The molecular formula is C60H68N8O13S2. The van der Waals surface area contributed by atoms with Crippen molar-refractivity contribution in [1.29, 1.82) is 0 Å². The first-order valence-electron chi connectivity index (χ1n) is 27.4. The normalized spacial score (nSPS) is 15.4. The van der Waals surface area contributed by atoms with Crippen molar-refractivity contribution in [2.75, 3.05) is 57.5 Å². The van der Waals surface area contributed by atoms with Crippen LogP contribution in [0.4, 0.5) is 5.69 Å². The molecule has 5 aromatic carbocycles. The molecule has 3 atom stereocenters. The molecule has 4 N–H and O–H groups in total. The number of likely N-dealkylation sites (tertiary alicyclic amines) is 1. The molecule has 4 amide bonds. The van der Waals surface area contributed by atoms with Crippen LogP contribution in [-0.4, -0.2) is 132 Å². The highest BCUT2D eigenvalue weighted by Crippen LogP contribution is 2.37. The van der Waals surface area contributed by atoms with Gasteiger partial charge in [-0.3, -0.25) is 33.0 Å². The van der Waals surface area contributed by atoms with Gasteiger partial charge in [0, 0.05) is 75.5 Å². The molecule has 2 aliphatic rings. The lowest BCUT2D eigenvalue weighted by Gasteiger charge is -2.35. The van der Waals surface area contributed by atoms with E-state index in [1.54, 1.807) is 67.0 Å². The van der Waals surface area contributed by atoms with Gasteiger partial charge in [0.05, 0.1) is 76.8 Å². The van der Waals surface area contributed by atoms with E-state index in [0.29, 0.717) is 46.0 Å². The number of fused-ring (bicyclic) bond motifs is 2. The number of aliphatic hydroxyl groups is 1. The Labute approximate surface area is 485 Å². The van der Waals surface area contributed by atoms with E-state index in [4.69, 9.17) is 23.7 Å². The quantitative estimate of drug-likeness (QED) is 0.0408. The SMILES string of the molecule is CCCOc1cccc(Oc2cc3c(cc2NS(=O)(=O)c2cccc(C(=O)NCCOCCOCCOc4cc(-c5scnc5C)ccc4CNC(=O)C4CC(O)CN4C(=O)[C@H](C(C)C)N4Cc5ccccc5C4=O)c2)n(C)c(=O)n3C)c1. The molecule has 2 unspecified atom stereocenters. The van der Waals surface area contributed by atoms with Crippen molar-refractivity contribution in [2.45, 2.75) is 76.7 Å². The molecule has 0 saturated carbocycles. The fourth-order valence-corrected chi connectivity index (χ4v) is 12.1. The number of sulfonamides is 1. The van der Waals surface area contributed by atoms with Crippen molar-refractivity contribution in [3.8, 4) is 33.4 Å². The number of hydrogen-bond acceptors (Lipinski definition) is 15. The number of aliphatic hydroxyl groups excluding tert-OH is 1. The largest absolute Gasteiger partial charge is 0.493 e. The molecule has 7 aromatic rings. The first kappa shape index (κ1) is 59.5.